The van der Waals surface area contributed by atoms with Gasteiger partial charge in [-0.15, -0.1) is 0 Å². The minimum atomic E-state index is -0.389. The molecule has 0 bridgehead atoms. The van der Waals surface area contributed by atoms with Crippen molar-refractivity contribution >= 4 is 16.7 Å². The van der Waals surface area contributed by atoms with Crippen LogP contribution in [0, 0.1) is 6.92 Å². The van der Waals surface area contributed by atoms with Gasteiger partial charge in [-0.1, -0.05) is 72.3 Å². The van der Waals surface area contributed by atoms with Crippen molar-refractivity contribution in [1.29, 1.82) is 0 Å². The molecule has 0 atom stereocenters. The second-order valence-electron chi connectivity index (χ2n) is 6.14. The van der Waals surface area contributed by atoms with Crippen molar-refractivity contribution in [1.82, 2.24) is 4.98 Å². The molecule has 3 heteroatoms. The predicted molar refractivity (Wildman–Crippen MR) is 103 cm³/mol. The van der Waals surface area contributed by atoms with Gasteiger partial charge in [0.05, 0.1) is 5.56 Å². The number of nitrogens with zero attached hydrogens (tertiary/aromatic N) is 1. The Hall–Kier alpha value is -3.46. The number of ether oxygens (including phenoxy) is 1. The summed E-state index contributed by atoms with van der Waals surface area (Å²) in [6.07, 6.45) is 1.81. The molecular formula is C23H17NO2. The van der Waals surface area contributed by atoms with E-state index in [4.69, 9.17) is 4.74 Å². The Labute approximate surface area is 151 Å². The van der Waals surface area contributed by atoms with E-state index in [-0.39, 0.29) is 5.97 Å². The maximum atomic E-state index is 12.7. The second-order valence-corrected chi connectivity index (χ2v) is 6.14. The fourth-order valence-electron chi connectivity index (χ4n) is 2.88. The molecule has 4 aromatic rings. The Morgan fingerprint density at radius 3 is 2.31 bits per heavy atom. The number of benzene rings is 3. The molecule has 126 valence electrons. The van der Waals surface area contributed by atoms with Crippen LogP contribution in [-0.4, -0.2) is 11.0 Å². The summed E-state index contributed by atoms with van der Waals surface area (Å²) >= 11 is 0. The van der Waals surface area contributed by atoms with Crippen LogP contribution in [0.1, 0.15) is 15.9 Å². The quantitative estimate of drug-likeness (QED) is 0.467. The van der Waals surface area contributed by atoms with Crippen molar-refractivity contribution in [3.05, 3.63) is 96.2 Å². The van der Waals surface area contributed by atoms with Gasteiger partial charge >= 0.3 is 5.97 Å². The van der Waals surface area contributed by atoms with Gasteiger partial charge in [0.25, 0.3) is 0 Å². The highest BCUT2D eigenvalue weighted by Crippen LogP contribution is 2.35. The standard InChI is InChI=1S/C23H17NO2/c1-16-11-13-18(14-12-16)23(25)26-22-20-10-6-5-9-19(20)15-24-21(22)17-7-3-2-4-8-17/h2-15H,1H3. The summed E-state index contributed by atoms with van der Waals surface area (Å²) in [4.78, 5) is 17.3. The smallest absolute Gasteiger partial charge is 0.343 e. The van der Waals surface area contributed by atoms with E-state index in [9.17, 15) is 4.79 Å². The summed E-state index contributed by atoms with van der Waals surface area (Å²) in [5, 5.41) is 1.79. The molecule has 0 aliphatic carbocycles. The van der Waals surface area contributed by atoms with Crippen molar-refractivity contribution in [3.8, 4) is 17.0 Å². The third kappa shape index (κ3) is 3.07. The van der Waals surface area contributed by atoms with Crippen LogP contribution in [-0.2, 0) is 0 Å². The molecule has 0 fully saturated rings. The Bertz CT molecular complexity index is 1070. The Kier molecular flexibility index (Phi) is 4.20. The molecule has 0 spiro atoms. The minimum absolute atomic E-state index is 0.389. The van der Waals surface area contributed by atoms with Gasteiger partial charge in [0.2, 0.25) is 0 Å². The number of carbonyl (C=O) groups is 1. The second kappa shape index (κ2) is 6.81. The van der Waals surface area contributed by atoms with E-state index < -0.39 is 0 Å². The number of aryl methyl sites for hydroxylation is 1. The molecule has 26 heavy (non-hydrogen) atoms. The van der Waals surface area contributed by atoms with Crippen LogP contribution in [0.15, 0.2) is 85.1 Å². The number of hydrogen-bond donors (Lipinski definition) is 0. The summed E-state index contributed by atoms with van der Waals surface area (Å²) in [6.45, 7) is 1.98. The van der Waals surface area contributed by atoms with Crippen molar-refractivity contribution in [3.63, 3.8) is 0 Å². The lowest BCUT2D eigenvalue weighted by Crippen LogP contribution is -2.10. The third-order valence-corrected chi connectivity index (χ3v) is 4.28. The van der Waals surface area contributed by atoms with Gasteiger partial charge < -0.3 is 4.74 Å². The van der Waals surface area contributed by atoms with Gasteiger partial charge in [-0.25, -0.2) is 4.79 Å². The van der Waals surface area contributed by atoms with Crippen LogP contribution in [0.2, 0.25) is 0 Å². The zero-order valence-electron chi connectivity index (χ0n) is 14.3. The number of esters is 1. The highest BCUT2D eigenvalue weighted by Gasteiger charge is 2.17. The van der Waals surface area contributed by atoms with E-state index in [1.165, 1.54) is 0 Å². The first-order valence-corrected chi connectivity index (χ1v) is 8.44. The van der Waals surface area contributed by atoms with Crippen molar-refractivity contribution in [2.45, 2.75) is 6.92 Å². The first kappa shape index (κ1) is 16.0. The molecule has 0 N–H and O–H groups in total. The number of hydrogen-bond acceptors (Lipinski definition) is 3. The van der Waals surface area contributed by atoms with Crippen LogP contribution >= 0.6 is 0 Å². The van der Waals surface area contributed by atoms with Gasteiger partial charge in [0, 0.05) is 22.5 Å². The van der Waals surface area contributed by atoms with Crippen molar-refractivity contribution in [2.75, 3.05) is 0 Å². The summed E-state index contributed by atoms with van der Waals surface area (Å²) in [5.41, 5.74) is 3.18. The summed E-state index contributed by atoms with van der Waals surface area (Å²) in [7, 11) is 0. The monoisotopic (exact) mass is 339 g/mol. The van der Waals surface area contributed by atoms with Crippen LogP contribution < -0.4 is 4.74 Å². The van der Waals surface area contributed by atoms with Crippen LogP contribution in [0.25, 0.3) is 22.0 Å². The number of fused-ring (bicyclic) bond motifs is 1. The van der Waals surface area contributed by atoms with Gasteiger partial charge in [0.1, 0.15) is 5.69 Å². The molecule has 1 aromatic heterocycles. The van der Waals surface area contributed by atoms with E-state index >= 15 is 0 Å². The highest BCUT2D eigenvalue weighted by molar-refractivity contribution is 5.98. The van der Waals surface area contributed by atoms with E-state index in [1.807, 2.05) is 73.7 Å². The molecule has 3 nitrogen and oxygen atoms in total. The lowest BCUT2D eigenvalue weighted by atomic mass is 10.1. The van der Waals surface area contributed by atoms with Gasteiger partial charge in [0.15, 0.2) is 5.75 Å². The van der Waals surface area contributed by atoms with E-state index in [1.54, 1.807) is 18.3 Å². The molecule has 4 rings (SSSR count). The maximum Gasteiger partial charge on any atom is 0.343 e. The molecular weight excluding hydrogens is 322 g/mol. The molecule has 0 saturated heterocycles. The molecule has 0 aliphatic rings. The van der Waals surface area contributed by atoms with Crippen molar-refractivity contribution in [2.24, 2.45) is 0 Å². The highest BCUT2D eigenvalue weighted by atomic mass is 16.5. The summed E-state index contributed by atoms with van der Waals surface area (Å²) in [5.74, 6) is 0.0974. The summed E-state index contributed by atoms with van der Waals surface area (Å²) < 4.78 is 5.84. The van der Waals surface area contributed by atoms with Gasteiger partial charge in [-0.3, -0.25) is 4.98 Å². The number of rotatable bonds is 3. The lowest BCUT2D eigenvalue weighted by Gasteiger charge is -2.13. The molecule has 0 aliphatic heterocycles. The fourth-order valence-corrected chi connectivity index (χ4v) is 2.88. The van der Waals surface area contributed by atoms with Crippen LogP contribution in [0.3, 0.4) is 0 Å². The molecule has 0 saturated carbocycles. The van der Waals surface area contributed by atoms with Crippen LogP contribution in [0.4, 0.5) is 0 Å². The first-order valence-electron chi connectivity index (χ1n) is 8.44. The van der Waals surface area contributed by atoms with Crippen LogP contribution in [0.5, 0.6) is 5.75 Å². The molecule has 0 radical (unpaired) electrons. The van der Waals surface area contributed by atoms with Gasteiger partial charge in [-0.05, 0) is 19.1 Å². The molecule has 3 aromatic carbocycles. The minimum Gasteiger partial charge on any atom is -0.420 e. The van der Waals surface area contributed by atoms with E-state index in [2.05, 4.69) is 4.98 Å². The number of aromatic nitrogens is 1. The number of carbonyl (C=O) groups excluding carboxylic acids is 1. The topological polar surface area (TPSA) is 39.2 Å². The Morgan fingerprint density at radius 1 is 0.846 bits per heavy atom. The fraction of sp³-hybridized carbons (Fsp3) is 0.0435. The molecule has 1 heterocycles. The van der Waals surface area contributed by atoms with E-state index in [0.717, 1.165) is 21.9 Å². The zero-order valence-corrected chi connectivity index (χ0v) is 14.3. The lowest BCUT2D eigenvalue weighted by molar-refractivity contribution is 0.0737. The SMILES string of the molecule is Cc1ccc(C(=O)Oc2c(-c3ccccc3)ncc3ccccc23)cc1. The maximum absolute atomic E-state index is 12.7. The Morgan fingerprint density at radius 2 is 1.54 bits per heavy atom. The Balaban J connectivity index is 1.83. The predicted octanol–water partition coefficient (Wildman–Crippen LogP) is 5.43. The van der Waals surface area contributed by atoms with E-state index in [0.29, 0.717) is 17.0 Å². The summed E-state index contributed by atoms with van der Waals surface area (Å²) in [6, 6.07) is 24.9. The first-order chi connectivity index (χ1) is 12.7. The third-order valence-electron chi connectivity index (χ3n) is 4.28. The average Bonchev–Trinajstić information content (AvgIpc) is 2.69. The largest absolute Gasteiger partial charge is 0.420 e. The van der Waals surface area contributed by atoms with Gasteiger partial charge in [-0.2, -0.15) is 0 Å². The average molecular weight is 339 g/mol. The zero-order chi connectivity index (χ0) is 17.9. The normalized spacial score (nSPS) is 10.7. The molecule has 0 unspecified atom stereocenters. The molecule has 0 amide bonds. The number of pyridine rings is 1. The van der Waals surface area contributed by atoms with Crippen molar-refractivity contribution < 1.29 is 9.53 Å².